The summed E-state index contributed by atoms with van der Waals surface area (Å²) in [6.07, 6.45) is 1.31. The summed E-state index contributed by atoms with van der Waals surface area (Å²) >= 11 is 3.85. The summed E-state index contributed by atoms with van der Waals surface area (Å²) in [5.74, 6) is 1.04. The highest BCUT2D eigenvalue weighted by molar-refractivity contribution is 9.09. The van der Waals surface area contributed by atoms with Crippen LogP contribution in [0.3, 0.4) is 0 Å². The molecule has 0 aromatic heterocycles. The second kappa shape index (κ2) is 5.25. The minimum atomic E-state index is 0.238. The van der Waals surface area contributed by atoms with Gasteiger partial charge in [0.25, 0.3) is 0 Å². The molecule has 0 radical (unpaired) electrons. The van der Waals surface area contributed by atoms with Crippen LogP contribution in [0.4, 0.5) is 0 Å². The summed E-state index contributed by atoms with van der Waals surface area (Å²) in [6, 6.07) is 13.2. The number of benzene rings is 2. The Kier molecular flexibility index (Phi) is 3.59. The van der Waals surface area contributed by atoms with Crippen molar-refractivity contribution in [1.29, 1.82) is 0 Å². The van der Waals surface area contributed by atoms with E-state index in [9.17, 15) is 0 Å². The molecule has 1 heterocycles. The lowest BCUT2D eigenvalue weighted by molar-refractivity contribution is 0.254. The minimum absolute atomic E-state index is 0.238. The Morgan fingerprint density at radius 3 is 2.45 bits per heavy atom. The van der Waals surface area contributed by atoms with Crippen LogP contribution in [0.5, 0.6) is 5.75 Å². The molecule has 1 aliphatic heterocycles. The van der Waals surface area contributed by atoms with Crippen molar-refractivity contribution >= 4 is 15.9 Å². The van der Waals surface area contributed by atoms with Crippen molar-refractivity contribution in [3.8, 4) is 5.75 Å². The van der Waals surface area contributed by atoms with Crippen LogP contribution in [0.2, 0.25) is 0 Å². The number of hydrogen-bond donors (Lipinski definition) is 0. The summed E-state index contributed by atoms with van der Waals surface area (Å²) in [5.41, 5.74) is 6.55. The van der Waals surface area contributed by atoms with Crippen LogP contribution in [-0.2, 0) is 6.42 Å². The molecule has 2 aromatic carbocycles. The molecule has 3 rings (SSSR count). The number of aryl methyl sites for hydroxylation is 2. The van der Waals surface area contributed by atoms with E-state index in [2.05, 4.69) is 73.1 Å². The molecule has 2 aromatic rings. The van der Waals surface area contributed by atoms with Crippen molar-refractivity contribution < 1.29 is 4.74 Å². The van der Waals surface area contributed by atoms with Crippen LogP contribution >= 0.6 is 15.9 Å². The fourth-order valence-electron chi connectivity index (χ4n) is 2.95. The molecule has 1 aliphatic rings. The average molecular weight is 331 g/mol. The zero-order valence-electron chi connectivity index (χ0n) is 12.1. The van der Waals surface area contributed by atoms with Crippen LogP contribution in [-0.4, -0.2) is 6.10 Å². The second-order valence-corrected chi connectivity index (χ2v) is 6.70. The van der Waals surface area contributed by atoms with Gasteiger partial charge in [0.2, 0.25) is 0 Å². The predicted octanol–water partition coefficient (Wildman–Crippen LogP) is 5.11. The van der Waals surface area contributed by atoms with Gasteiger partial charge in [0, 0.05) is 6.42 Å². The SMILES string of the molecule is Cc1cc(C)cc(C(Br)c2ccc3c(c2)CC(C)O3)c1. The van der Waals surface area contributed by atoms with E-state index in [0.29, 0.717) is 6.10 Å². The smallest absolute Gasteiger partial charge is 0.123 e. The van der Waals surface area contributed by atoms with Crippen molar-refractivity contribution in [2.45, 2.75) is 38.1 Å². The zero-order chi connectivity index (χ0) is 14.3. The molecule has 2 unspecified atom stereocenters. The van der Waals surface area contributed by atoms with Gasteiger partial charge in [-0.3, -0.25) is 0 Å². The number of alkyl halides is 1. The highest BCUT2D eigenvalue weighted by atomic mass is 79.9. The standard InChI is InChI=1S/C18H19BrO/c1-11-6-12(2)8-16(7-11)18(19)14-4-5-17-15(10-14)9-13(3)20-17/h4-8,10,13,18H,9H2,1-3H3. The third-order valence-corrected chi connectivity index (χ3v) is 4.81. The highest BCUT2D eigenvalue weighted by Crippen LogP contribution is 2.36. The van der Waals surface area contributed by atoms with E-state index < -0.39 is 0 Å². The molecule has 20 heavy (non-hydrogen) atoms. The summed E-state index contributed by atoms with van der Waals surface area (Å²) in [7, 11) is 0. The number of fused-ring (bicyclic) bond motifs is 1. The van der Waals surface area contributed by atoms with Crippen molar-refractivity contribution in [3.05, 3.63) is 64.2 Å². The topological polar surface area (TPSA) is 9.23 Å². The molecule has 0 saturated carbocycles. The molecular weight excluding hydrogens is 312 g/mol. The Hall–Kier alpha value is -1.28. The van der Waals surface area contributed by atoms with E-state index >= 15 is 0 Å². The maximum atomic E-state index is 5.77. The predicted molar refractivity (Wildman–Crippen MR) is 86.9 cm³/mol. The summed E-state index contributed by atoms with van der Waals surface area (Å²) in [5, 5.41) is 0. The Morgan fingerprint density at radius 2 is 1.75 bits per heavy atom. The normalized spacial score (nSPS) is 18.5. The number of ether oxygens (including phenoxy) is 1. The minimum Gasteiger partial charge on any atom is -0.490 e. The highest BCUT2D eigenvalue weighted by Gasteiger charge is 2.21. The largest absolute Gasteiger partial charge is 0.490 e. The first-order chi connectivity index (χ1) is 9.52. The van der Waals surface area contributed by atoms with Crippen molar-refractivity contribution in [1.82, 2.24) is 0 Å². The quantitative estimate of drug-likeness (QED) is 0.695. The van der Waals surface area contributed by atoms with E-state index in [-0.39, 0.29) is 4.83 Å². The fraction of sp³-hybridized carbons (Fsp3) is 0.333. The maximum absolute atomic E-state index is 5.77. The summed E-state index contributed by atoms with van der Waals surface area (Å²) in [6.45, 7) is 6.41. The Morgan fingerprint density at radius 1 is 1.05 bits per heavy atom. The fourth-order valence-corrected chi connectivity index (χ4v) is 3.50. The van der Waals surface area contributed by atoms with Gasteiger partial charge in [-0.15, -0.1) is 0 Å². The Balaban J connectivity index is 1.95. The number of halogens is 1. The van der Waals surface area contributed by atoms with E-state index in [0.717, 1.165) is 12.2 Å². The summed E-state index contributed by atoms with van der Waals surface area (Å²) in [4.78, 5) is 0.238. The Bertz CT molecular complexity index is 628. The third kappa shape index (κ3) is 2.62. The molecule has 1 nitrogen and oxygen atoms in total. The lowest BCUT2D eigenvalue weighted by atomic mass is 9.98. The molecule has 0 spiro atoms. The molecule has 2 heteroatoms. The van der Waals surface area contributed by atoms with Gasteiger partial charge >= 0.3 is 0 Å². The van der Waals surface area contributed by atoms with Gasteiger partial charge in [0.1, 0.15) is 11.9 Å². The molecular formula is C18H19BrO. The maximum Gasteiger partial charge on any atom is 0.123 e. The molecule has 0 bridgehead atoms. The van der Waals surface area contributed by atoms with Gasteiger partial charge in [-0.05, 0) is 43.5 Å². The van der Waals surface area contributed by atoms with E-state index in [1.165, 1.54) is 27.8 Å². The molecule has 2 atom stereocenters. The average Bonchev–Trinajstić information content (AvgIpc) is 2.75. The summed E-state index contributed by atoms with van der Waals surface area (Å²) < 4.78 is 5.77. The van der Waals surface area contributed by atoms with E-state index in [1.54, 1.807) is 0 Å². The molecule has 0 N–H and O–H groups in total. The third-order valence-electron chi connectivity index (χ3n) is 3.75. The van der Waals surface area contributed by atoms with Gasteiger partial charge in [-0.2, -0.15) is 0 Å². The molecule has 0 aliphatic carbocycles. The van der Waals surface area contributed by atoms with Gasteiger partial charge in [0.05, 0.1) is 4.83 Å². The van der Waals surface area contributed by atoms with Gasteiger partial charge in [0.15, 0.2) is 0 Å². The molecule has 0 fully saturated rings. The van der Waals surface area contributed by atoms with Crippen LogP contribution < -0.4 is 4.74 Å². The van der Waals surface area contributed by atoms with Gasteiger partial charge in [-0.1, -0.05) is 57.4 Å². The first-order valence-corrected chi connectivity index (χ1v) is 7.96. The number of hydrogen-bond acceptors (Lipinski definition) is 1. The van der Waals surface area contributed by atoms with E-state index in [1.807, 2.05) is 0 Å². The van der Waals surface area contributed by atoms with Crippen LogP contribution in [0, 0.1) is 13.8 Å². The van der Waals surface area contributed by atoms with E-state index in [4.69, 9.17) is 4.74 Å². The van der Waals surface area contributed by atoms with Gasteiger partial charge in [-0.25, -0.2) is 0 Å². The van der Waals surface area contributed by atoms with Crippen LogP contribution in [0.1, 0.15) is 39.6 Å². The van der Waals surface area contributed by atoms with Crippen molar-refractivity contribution in [3.63, 3.8) is 0 Å². The van der Waals surface area contributed by atoms with Crippen molar-refractivity contribution in [2.24, 2.45) is 0 Å². The molecule has 0 saturated heterocycles. The monoisotopic (exact) mass is 330 g/mol. The van der Waals surface area contributed by atoms with Gasteiger partial charge < -0.3 is 4.74 Å². The van der Waals surface area contributed by atoms with Crippen LogP contribution in [0.15, 0.2) is 36.4 Å². The first kappa shape index (κ1) is 13.7. The number of rotatable bonds is 2. The second-order valence-electron chi connectivity index (χ2n) is 5.78. The molecule has 104 valence electrons. The zero-order valence-corrected chi connectivity index (χ0v) is 13.7. The Labute approximate surface area is 129 Å². The lowest BCUT2D eigenvalue weighted by Crippen LogP contribution is -2.05. The van der Waals surface area contributed by atoms with Crippen molar-refractivity contribution in [2.75, 3.05) is 0 Å². The molecule has 0 amide bonds. The first-order valence-electron chi connectivity index (χ1n) is 7.04. The lowest BCUT2D eigenvalue weighted by Gasteiger charge is -2.13. The van der Waals surface area contributed by atoms with Crippen LogP contribution in [0.25, 0.3) is 0 Å².